The highest BCUT2D eigenvalue weighted by Gasteiger charge is 2.09. The van der Waals surface area contributed by atoms with Crippen LogP contribution in [0.25, 0.3) is 10.9 Å². The van der Waals surface area contributed by atoms with Crippen LogP contribution in [-0.4, -0.2) is 16.8 Å². The van der Waals surface area contributed by atoms with E-state index in [1.54, 1.807) is 24.3 Å². The van der Waals surface area contributed by atoms with Crippen LogP contribution in [-0.2, 0) is 11.2 Å². The molecule has 2 amide bonds. The second kappa shape index (κ2) is 5.73. The van der Waals surface area contributed by atoms with Gasteiger partial charge in [-0.05, 0) is 35.9 Å². The summed E-state index contributed by atoms with van der Waals surface area (Å²) in [6.45, 7) is 0. The zero-order chi connectivity index (χ0) is 15.5. The first-order valence-electron chi connectivity index (χ1n) is 6.88. The van der Waals surface area contributed by atoms with Crippen molar-refractivity contribution >= 4 is 28.4 Å². The fraction of sp³-hybridized carbons (Fsp3) is 0.0588. The monoisotopic (exact) mass is 293 g/mol. The summed E-state index contributed by atoms with van der Waals surface area (Å²) in [5.74, 6) is -0.603. The first kappa shape index (κ1) is 13.9. The topological polar surface area (TPSA) is 88.0 Å². The van der Waals surface area contributed by atoms with Crippen LogP contribution in [0.4, 0.5) is 5.69 Å². The van der Waals surface area contributed by atoms with Crippen molar-refractivity contribution in [2.75, 3.05) is 5.32 Å². The van der Waals surface area contributed by atoms with Gasteiger partial charge in [-0.3, -0.25) is 9.59 Å². The van der Waals surface area contributed by atoms with E-state index in [1.807, 2.05) is 30.5 Å². The predicted octanol–water partition coefficient (Wildman–Crippen LogP) is 2.45. The lowest BCUT2D eigenvalue weighted by Crippen LogP contribution is -2.15. The summed E-state index contributed by atoms with van der Waals surface area (Å²) in [6.07, 6.45) is 2.13. The second-order valence-corrected chi connectivity index (χ2v) is 5.03. The number of rotatable bonds is 4. The number of carbonyl (C=O) groups is 2. The van der Waals surface area contributed by atoms with E-state index >= 15 is 0 Å². The summed E-state index contributed by atoms with van der Waals surface area (Å²) in [6, 6.07) is 14.3. The molecule has 0 radical (unpaired) electrons. The summed E-state index contributed by atoms with van der Waals surface area (Å²) in [5.41, 5.74) is 8.18. The van der Waals surface area contributed by atoms with Crippen LogP contribution >= 0.6 is 0 Å². The molecule has 3 aromatic rings. The van der Waals surface area contributed by atoms with Crippen LogP contribution in [0.3, 0.4) is 0 Å². The van der Waals surface area contributed by atoms with Gasteiger partial charge in [0.15, 0.2) is 0 Å². The Balaban J connectivity index is 1.71. The fourth-order valence-corrected chi connectivity index (χ4v) is 2.37. The summed E-state index contributed by atoms with van der Waals surface area (Å²) in [5, 5.41) is 3.85. The highest BCUT2D eigenvalue weighted by atomic mass is 16.2. The summed E-state index contributed by atoms with van der Waals surface area (Å²) < 4.78 is 0. The van der Waals surface area contributed by atoms with Gasteiger partial charge in [-0.2, -0.15) is 0 Å². The molecular weight excluding hydrogens is 278 g/mol. The van der Waals surface area contributed by atoms with Crippen LogP contribution in [0.5, 0.6) is 0 Å². The second-order valence-electron chi connectivity index (χ2n) is 5.03. The van der Waals surface area contributed by atoms with E-state index in [1.165, 1.54) is 0 Å². The molecule has 5 nitrogen and oxygen atoms in total. The van der Waals surface area contributed by atoms with Gasteiger partial charge in [0.2, 0.25) is 11.8 Å². The number of nitrogens with one attached hydrogen (secondary N) is 2. The number of carbonyl (C=O) groups excluding carboxylic acids is 2. The van der Waals surface area contributed by atoms with Gasteiger partial charge < -0.3 is 16.0 Å². The number of amides is 2. The van der Waals surface area contributed by atoms with Gasteiger partial charge in [-0.1, -0.05) is 18.2 Å². The lowest BCUT2D eigenvalue weighted by molar-refractivity contribution is -0.115. The number of hydrogen-bond donors (Lipinski definition) is 3. The van der Waals surface area contributed by atoms with Crippen LogP contribution in [0.2, 0.25) is 0 Å². The number of aromatic amines is 1. The number of hydrogen-bond acceptors (Lipinski definition) is 2. The molecule has 0 bridgehead atoms. The molecule has 0 aliphatic rings. The number of H-pyrrole nitrogens is 1. The van der Waals surface area contributed by atoms with E-state index < -0.39 is 5.91 Å². The molecule has 2 aromatic carbocycles. The Labute approximate surface area is 127 Å². The number of nitrogens with two attached hydrogens (primary N) is 1. The van der Waals surface area contributed by atoms with Crippen molar-refractivity contribution in [3.8, 4) is 0 Å². The summed E-state index contributed by atoms with van der Waals surface area (Å²) >= 11 is 0. The molecule has 4 N–H and O–H groups in total. The van der Waals surface area contributed by atoms with Crippen molar-refractivity contribution in [3.05, 3.63) is 65.9 Å². The molecule has 110 valence electrons. The van der Waals surface area contributed by atoms with Gasteiger partial charge in [-0.25, -0.2) is 0 Å². The minimum atomic E-state index is -0.489. The third-order valence-corrected chi connectivity index (χ3v) is 3.48. The van der Waals surface area contributed by atoms with E-state index in [0.717, 1.165) is 16.5 Å². The zero-order valence-electron chi connectivity index (χ0n) is 11.8. The number of anilines is 1. The maximum atomic E-state index is 12.1. The molecule has 0 spiro atoms. The van der Waals surface area contributed by atoms with E-state index in [0.29, 0.717) is 11.3 Å². The summed E-state index contributed by atoms with van der Waals surface area (Å²) in [4.78, 5) is 26.3. The Kier molecular flexibility index (Phi) is 3.62. The maximum absolute atomic E-state index is 12.1. The first-order chi connectivity index (χ1) is 10.6. The maximum Gasteiger partial charge on any atom is 0.248 e. The molecule has 3 rings (SSSR count). The smallest absolute Gasteiger partial charge is 0.248 e. The molecule has 1 heterocycles. The number of para-hydroxylation sites is 1. The molecule has 0 saturated carbocycles. The van der Waals surface area contributed by atoms with E-state index in [2.05, 4.69) is 10.3 Å². The largest absolute Gasteiger partial charge is 0.366 e. The predicted molar refractivity (Wildman–Crippen MR) is 85.6 cm³/mol. The lowest BCUT2D eigenvalue weighted by atomic mass is 10.1. The van der Waals surface area contributed by atoms with Crippen molar-refractivity contribution < 1.29 is 9.59 Å². The highest BCUT2D eigenvalue weighted by molar-refractivity contribution is 5.97. The SMILES string of the molecule is NC(=O)c1ccc(NC(=O)Cc2c[nH]c3ccccc23)cc1. The number of aromatic nitrogens is 1. The Morgan fingerprint density at radius 1 is 1.05 bits per heavy atom. The third kappa shape index (κ3) is 2.83. The number of benzene rings is 2. The van der Waals surface area contributed by atoms with Crippen molar-refractivity contribution in [2.45, 2.75) is 6.42 Å². The third-order valence-electron chi connectivity index (χ3n) is 3.48. The van der Waals surface area contributed by atoms with Crippen LogP contribution in [0.1, 0.15) is 15.9 Å². The molecule has 0 atom stereocenters. The molecule has 5 heteroatoms. The van der Waals surface area contributed by atoms with Gasteiger partial charge in [0, 0.05) is 28.4 Å². The standard InChI is InChI=1S/C17H15N3O2/c18-17(22)11-5-7-13(8-6-11)20-16(21)9-12-10-19-15-4-2-1-3-14(12)15/h1-8,10,19H,9H2,(H2,18,22)(H,20,21). The zero-order valence-corrected chi connectivity index (χ0v) is 11.8. The molecule has 0 fully saturated rings. The van der Waals surface area contributed by atoms with E-state index in [9.17, 15) is 9.59 Å². The number of primary amides is 1. The average Bonchev–Trinajstić information content (AvgIpc) is 2.91. The quantitative estimate of drug-likeness (QED) is 0.690. The molecule has 0 aliphatic carbocycles. The van der Waals surface area contributed by atoms with E-state index in [-0.39, 0.29) is 12.3 Å². The fourth-order valence-electron chi connectivity index (χ4n) is 2.37. The van der Waals surface area contributed by atoms with Gasteiger partial charge in [-0.15, -0.1) is 0 Å². The van der Waals surface area contributed by atoms with Crippen molar-refractivity contribution in [1.29, 1.82) is 0 Å². The molecule has 0 aliphatic heterocycles. The van der Waals surface area contributed by atoms with Crippen LogP contribution < -0.4 is 11.1 Å². The van der Waals surface area contributed by atoms with Crippen LogP contribution in [0, 0.1) is 0 Å². The van der Waals surface area contributed by atoms with Gasteiger partial charge in [0.25, 0.3) is 0 Å². The molecule has 22 heavy (non-hydrogen) atoms. The van der Waals surface area contributed by atoms with E-state index in [4.69, 9.17) is 5.73 Å². The Morgan fingerprint density at radius 2 is 1.77 bits per heavy atom. The first-order valence-corrected chi connectivity index (χ1v) is 6.88. The normalized spacial score (nSPS) is 10.5. The number of fused-ring (bicyclic) bond motifs is 1. The molecule has 1 aromatic heterocycles. The lowest BCUT2D eigenvalue weighted by Gasteiger charge is -2.05. The molecule has 0 saturated heterocycles. The molecular formula is C17H15N3O2. The Hall–Kier alpha value is -3.08. The minimum absolute atomic E-state index is 0.114. The Bertz CT molecular complexity index is 834. The van der Waals surface area contributed by atoms with Crippen molar-refractivity contribution in [1.82, 2.24) is 4.98 Å². The van der Waals surface area contributed by atoms with Gasteiger partial charge >= 0.3 is 0 Å². The highest BCUT2D eigenvalue weighted by Crippen LogP contribution is 2.18. The average molecular weight is 293 g/mol. The molecule has 0 unspecified atom stereocenters. The summed E-state index contributed by atoms with van der Waals surface area (Å²) in [7, 11) is 0. The Morgan fingerprint density at radius 3 is 2.50 bits per heavy atom. The van der Waals surface area contributed by atoms with Gasteiger partial charge in [0.1, 0.15) is 0 Å². The van der Waals surface area contributed by atoms with Crippen molar-refractivity contribution in [3.63, 3.8) is 0 Å². The van der Waals surface area contributed by atoms with Crippen molar-refractivity contribution in [2.24, 2.45) is 5.73 Å². The van der Waals surface area contributed by atoms with Gasteiger partial charge in [0.05, 0.1) is 6.42 Å². The minimum Gasteiger partial charge on any atom is -0.366 e. The van der Waals surface area contributed by atoms with Crippen LogP contribution in [0.15, 0.2) is 54.7 Å².